The molecule has 1 fully saturated rings. The minimum absolute atomic E-state index is 0.00352. The molecular weight excluding hydrogens is 506 g/mol. The van der Waals surface area contributed by atoms with Crippen molar-refractivity contribution in [3.05, 3.63) is 39.9 Å². The minimum Gasteiger partial charge on any atom is -0.481 e. The number of benzene rings is 1. The molecule has 2 rings (SSSR count). The number of hydrogen-bond donors (Lipinski definition) is 5. The van der Waals surface area contributed by atoms with E-state index in [-0.39, 0.29) is 56.4 Å². The molecule has 2 atom stereocenters. The number of carbonyl (C=O) groups is 4. The van der Waals surface area contributed by atoms with Crippen molar-refractivity contribution < 1.29 is 44.5 Å². The fourth-order valence-corrected chi connectivity index (χ4v) is 4.36. The predicted octanol–water partition coefficient (Wildman–Crippen LogP) is 1.26. The van der Waals surface area contributed by atoms with Crippen LogP contribution in [0, 0.1) is 22.0 Å². The van der Waals surface area contributed by atoms with Crippen LogP contribution in [0.15, 0.2) is 24.3 Å². The van der Waals surface area contributed by atoms with Crippen molar-refractivity contribution in [2.45, 2.75) is 45.1 Å². The lowest BCUT2D eigenvalue weighted by Gasteiger charge is -2.39. The van der Waals surface area contributed by atoms with Gasteiger partial charge in [0, 0.05) is 38.1 Å². The second-order valence-electron chi connectivity index (χ2n) is 9.26. The molecule has 210 valence electrons. The Bertz CT molecular complexity index is 989. The Balaban J connectivity index is 2.41. The van der Waals surface area contributed by atoms with Crippen LogP contribution in [0.25, 0.3) is 0 Å². The van der Waals surface area contributed by atoms with Gasteiger partial charge in [0.1, 0.15) is 13.1 Å². The highest BCUT2D eigenvalue weighted by Gasteiger charge is 2.27. The summed E-state index contributed by atoms with van der Waals surface area (Å²) in [4.78, 5) is 56.5. The first kappa shape index (κ1) is 30.6. The van der Waals surface area contributed by atoms with Gasteiger partial charge in [0.2, 0.25) is 0 Å². The summed E-state index contributed by atoms with van der Waals surface area (Å²) in [7, 11) is 0. The van der Waals surface area contributed by atoms with Crippen LogP contribution >= 0.6 is 0 Å². The Morgan fingerprint density at radius 1 is 0.816 bits per heavy atom. The molecule has 0 saturated carbocycles. The SMILES string of the molecule is O=C(O)CC1CC[C@H](CC(=O)O)CCN(CC(=O)O)NN(Cc2ccc([N+](=O)[O-])cc2)N(CC(=O)O)CC1. The first-order valence-corrected chi connectivity index (χ1v) is 12.1. The molecule has 1 saturated heterocycles. The molecule has 0 spiro atoms. The van der Waals surface area contributed by atoms with Crippen molar-refractivity contribution in [2.75, 3.05) is 26.2 Å². The van der Waals surface area contributed by atoms with Gasteiger partial charge < -0.3 is 20.4 Å². The Morgan fingerprint density at radius 3 is 1.82 bits per heavy atom. The summed E-state index contributed by atoms with van der Waals surface area (Å²) >= 11 is 0. The van der Waals surface area contributed by atoms with E-state index in [0.717, 1.165) is 0 Å². The van der Waals surface area contributed by atoms with Gasteiger partial charge in [-0.05, 0) is 43.1 Å². The average Bonchev–Trinajstić information content (AvgIpc) is 2.80. The van der Waals surface area contributed by atoms with Crippen LogP contribution in [0.4, 0.5) is 5.69 Å². The van der Waals surface area contributed by atoms with E-state index in [2.05, 4.69) is 5.53 Å². The molecule has 1 aromatic carbocycles. The molecular formula is C23H33N5O10. The van der Waals surface area contributed by atoms with Gasteiger partial charge in [-0.25, -0.2) is 10.0 Å². The largest absolute Gasteiger partial charge is 0.481 e. The number of nitro groups is 1. The maximum atomic E-state index is 11.7. The Hall–Kier alpha value is -3.66. The van der Waals surface area contributed by atoms with Crippen molar-refractivity contribution in [1.29, 1.82) is 0 Å². The van der Waals surface area contributed by atoms with Crippen molar-refractivity contribution >= 4 is 29.6 Å². The number of rotatable bonds is 11. The molecule has 38 heavy (non-hydrogen) atoms. The lowest BCUT2D eigenvalue weighted by Crippen LogP contribution is -2.59. The third-order valence-electron chi connectivity index (χ3n) is 6.23. The van der Waals surface area contributed by atoms with Gasteiger partial charge in [-0.15, -0.1) is 0 Å². The van der Waals surface area contributed by atoms with Gasteiger partial charge >= 0.3 is 23.9 Å². The number of nitro benzene ring substituents is 1. The Kier molecular flexibility index (Phi) is 12.0. The first-order chi connectivity index (χ1) is 17.9. The molecule has 0 radical (unpaired) electrons. The summed E-state index contributed by atoms with van der Waals surface area (Å²) < 4.78 is 0. The molecule has 5 N–H and O–H groups in total. The number of carboxylic acid groups (broad SMARTS) is 4. The lowest BCUT2D eigenvalue weighted by atomic mass is 9.88. The van der Waals surface area contributed by atoms with Crippen molar-refractivity contribution in [2.24, 2.45) is 11.8 Å². The number of nitrogens with one attached hydrogen (secondary N) is 1. The summed E-state index contributed by atoms with van der Waals surface area (Å²) in [5, 5.41) is 52.8. The second kappa shape index (κ2) is 14.9. The van der Waals surface area contributed by atoms with Crippen LogP contribution in [0.2, 0.25) is 0 Å². The van der Waals surface area contributed by atoms with E-state index >= 15 is 0 Å². The standard InChI is InChI=1S/C23H33N5O10/c29-20(30)11-16-1-2-17(12-21(31)32)8-10-26(15-23(35)36)27(24-25(9-7-16)14-22(33)34)13-18-3-5-19(6-4-18)28(37)38/h3-6,16-17,24H,1-2,7-15H2,(H,29,30)(H,31,32)(H,33,34)(H,35,36)/t16-,17?/m0/s1. The summed E-state index contributed by atoms with van der Waals surface area (Å²) in [6.07, 6.45) is 1.11. The maximum Gasteiger partial charge on any atom is 0.319 e. The van der Waals surface area contributed by atoms with Crippen molar-refractivity contribution in [3.63, 3.8) is 0 Å². The fourth-order valence-electron chi connectivity index (χ4n) is 4.36. The van der Waals surface area contributed by atoms with Gasteiger partial charge in [0.25, 0.3) is 5.69 Å². The van der Waals surface area contributed by atoms with Gasteiger partial charge in [-0.3, -0.25) is 29.3 Å². The molecule has 1 aliphatic rings. The number of hydrogen-bond acceptors (Lipinski definition) is 10. The first-order valence-electron chi connectivity index (χ1n) is 12.1. The van der Waals surface area contributed by atoms with Gasteiger partial charge in [-0.2, -0.15) is 10.7 Å². The van der Waals surface area contributed by atoms with Crippen LogP contribution in [0.5, 0.6) is 0 Å². The third-order valence-corrected chi connectivity index (χ3v) is 6.23. The lowest BCUT2D eigenvalue weighted by molar-refractivity contribution is -0.384. The Morgan fingerprint density at radius 2 is 1.34 bits per heavy atom. The predicted molar refractivity (Wildman–Crippen MR) is 130 cm³/mol. The highest BCUT2D eigenvalue weighted by Crippen LogP contribution is 2.25. The van der Waals surface area contributed by atoms with Crippen molar-refractivity contribution in [3.8, 4) is 0 Å². The number of carboxylic acids is 4. The number of hydrazine groups is 3. The molecule has 1 unspecified atom stereocenters. The third kappa shape index (κ3) is 11.2. The molecule has 15 heteroatoms. The summed E-state index contributed by atoms with van der Waals surface area (Å²) in [6, 6.07) is 5.57. The molecule has 15 nitrogen and oxygen atoms in total. The monoisotopic (exact) mass is 539 g/mol. The van der Waals surface area contributed by atoms with E-state index in [4.69, 9.17) is 0 Å². The van der Waals surface area contributed by atoms with Crippen LogP contribution in [0.1, 0.15) is 44.1 Å². The van der Waals surface area contributed by atoms with Crippen molar-refractivity contribution in [1.82, 2.24) is 20.7 Å². The maximum absolute atomic E-state index is 11.7. The molecule has 0 bridgehead atoms. The van der Waals surface area contributed by atoms with Gasteiger partial charge in [0.15, 0.2) is 0 Å². The summed E-state index contributed by atoms with van der Waals surface area (Å²) in [5.74, 6) is -5.03. The van der Waals surface area contributed by atoms with Gasteiger partial charge in [0.05, 0.1) is 11.5 Å². The summed E-state index contributed by atoms with van der Waals surface area (Å²) in [5.41, 5.74) is 3.35. The van der Waals surface area contributed by atoms with E-state index in [1.54, 1.807) is 0 Å². The van der Waals surface area contributed by atoms with E-state index < -0.39 is 41.9 Å². The molecule has 1 aromatic rings. The zero-order valence-electron chi connectivity index (χ0n) is 20.8. The molecule has 0 amide bonds. The molecule has 1 aliphatic heterocycles. The van der Waals surface area contributed by atoms with Gasteiger partial charge in [-0.1, -0.05) is 12.1 Å². The average molecular weight is 540 g/mol. The number of non-ortho nitro benzene ring substituents is 1. The molecule has 0 aliphatic carbocycles. The number of aliphatic carboxylic acids is 4. The molecule has 1 heterocycles. The van der Waals surface area contributed by atoms with E-state index in [0.29, 0.717) is 24.8 Å². The van der Waals surface area contributed by atoms with Crippen LogP contribution in [-0.2, 0) is 25.7 Å². The van der Waals surface area contributed by atoms with E-state index in [9.17, 15) is 49.7 Å². The van der Waals surface area contributed by atoms with E-state index in [1.807, 2.05) is 0 Å². The second-order valence-corrected chi connectivity index (χ2v) is 9.26. The fraction of sp³-hybridized carbons (Fsp3) is 0.565. The summed E-state index contributed by atoms with van der Waals surface area (Å²) in [6.45, 7) is -0.731. The van der Waals surface area contributed by atoms with Crippen LogP contribution in [-0.4, -0.2) is 90.5 Å². The van der Waals surface area contributed by atoms with Crippen LogP contribution < -0.4 is 5.53 Å². The highest BCUT2D eigenvalue weighted by molar-refractivity contribution is 5.69. The topological polar surface area (TPSA) is 214 Å². The zero-order valence-corrected chi connectivity index (χ0v) is 20.8. The number of nitrogens with zero attached hydrogens (tertiary/aromatic N) is 4. The van der Waals surface area contributed by atoms with E-state index in [1.165, 1.54) is 39.4 Å². The zero-order chi connectivity index (χ0) is 28.2. The smallest absolute Gasteiger partial charge is 0.319 e. The Labute approximate surface area is 218 Å². The minimum atomic E-state index is -1.17. The quantitative estimate of drug-likeness (QED) is 0.198. The molecule has 0 aromatic heterocycles. The normalized spacial score (nSPS) is 20.6. The highest BCUT2D eigenvalue weighted by atomic mass is 16.6. The van der Waals surface area contributed by atoms with Crippen LogP contribution in [0.3, 0.4) is 0 Å².